The molecule has 5 heteroatoms. The van der Waals surface area contributed by atoms with Gasteiger partial charge < -0.3 is 10.1 Å². The number of hydrogen-bond donors (Lipinski definition) is 1. The Morgan fingerprint density at radius 2 is 1.96 bits per heavy atom. The third-order valence-corrected chi connectivity index (χ3v) is 7.68. The molecular formula is C18H27NO3S. The fraction of sp³-hybridized carbons (Fsp3) is 0.667. The van der Waals surface area contributed by atoms with E-state index in [1.54, 1.807) is 0 Å². The van der Waals surface area contributed by atoms with Crippen molar-refractivity contribution in [1.82, 2.24) is 5.32 Å². The maximum Gasteiger partial charge on any atom is 0.154 e. The second kappa shape index (κ2) is 6.54. The molecule has 1 saturated heterocycles. The highest BCUT2D eigenvalue weighted by Gasteiger charge is 2.43. The van der Waals surface area contributed by atoms with Gasteiger partial charge in [-0.3, -0.25) is 0 Å². The lowest BCUT2D eigenvalue weighted by Crippen LogP contribution is -2.54. The lowest BCUT2D eigenvalue weighted by atomic mass is 9.75. The van der Waals surface area contributed by atoms with E-state index in [9.17, 15) is 8.42 Å². The molecule has 128 valence electrons. The first kappa shape index (κ1) is 16.9. The Kier molecular flexibility index (Phi) is 4.81. The Balaban J connectivity index is 1.55. The second-order valence-electron chi connectivity index (χ2n) is 7.23. The van der Waals surface area contributed by atoms with Gasteiger partial charge in [-0.2, -0.15) is 0 Å². The average Bonchev–Trinajstić information content (AvgIpc) is 2.45. The van der Waals surface area contributed by atoms with E-state index >= 15 is 0 Å². The van der Waals surface area contributed by atoms with Crippen LogP contribution in [0, 0.1) is 6.92 Å². The van der Waals surface area contributed by atoms with Gasteiger partial charge in [-0.15, -0.1) is 0 Å². The van der Waals surface area contributed by atoms with Crippen molar-refractivity contribution in [2.24, 2.45) is 0 Å². The highest BCUT2D eigenvalue weighted by Crippen LogP contribution is 2.38. The van der Waals surface area contributed by atoms with E-state index in [2.05, 4.69) is 36.5 Å². The maximum atomic E-state index is 12.3. The van der Waals surface area contributed by atoms with Crippen LogP contribution < -0.4 is 5.32 Å². The summed E-state index contributed by atoms with van der Waals surface area (Å²) < 4.78 is 29.2. The quantitative estimate of drug-likeness (QED) is 0.896. The normalized spacial score (nSPS) is 27.4. The van der Waals surface area contributed by atoms with E-state index in [1.165, 1.54) is 17.4 Å². The molecule has 3 rings (SSSR count). The number of hydrogen-bond acceptors (Lipinski definition) is 4. The molecule has 0 unspecified atom stereocenters. The Hall–Kier alpha value is -0.910. The molecule has 0 spiro atoms. The molecule has 1 aliphatic heterocycles. The summed E-state index contributed by atoms with van der Waals surface area (Å²) in [7, 11) is -3.08. The number of sulfone groups is 1. The van der Waals surface area contributed by atoms with E-state index in [0.717, 1.165) is 12.8 Å². The molecule has 23 heavy (non-hydrogen) atoms. The van der Waals surface area contributed by atoms with Gasteiger partial charge in [-0.25, -0.2) is 8.42 Å². The first-order valence-corrected chi connectivity index (χ1v) is 10.4. The van der Waals surface area contributed by atoms with Crippen molar-refractivity contribution >= 4 is 9.84 Å². The Morgan fingerprint density at radius 3 is 2.57 bits per heavy atom. The molecule has 0 atom stereocenters. The average molecular weight is 337 g/mol. The minimum Gasteiger partial charge on any atom is -0.381 e. The van der Waals surface area contributed by atoms with Crippen LogP contribution in [0.25, 0.3) is 0 Å². The molecule has 1 aliphatic carbocycles. The summed E-state index contributed by atoms with van der Waals surface area (Å²) >= 11 is 0. The molecule has 0 aromatic heterocycles. The fourth-order valence-corrected chi connectivity index (χ4v) is 4.99. The van der Waals surface area contributed by atoms with Crippen molar-refractivity contribution in [3.05, 3.63) is 35.4 Å². The second-order valence-corrected chi connectivity index (χ2v) is 9.64. The molecule has 1 N–H and O–H groups in total. The zero-order valence-electron chi connectivity index (χ0n) is 14.0. The van der Waals surface area contributed by atoms with Gasteiger partial charge in [0, 0.05) is 32.1 Å². The summed E-state index contributed by atoms with van der Waals surface area (Å²) in [4.78, 5) is 0. The lowest BCUT2D eigenvalue weighted by molar-refractivity contribution is 0.0724. The topological polar surface area (TPSA) is 55.4 Å². The zero-order valence-corrected chi connectivity index (χ0v) is 14.9. The summed E-state index contributed by atoms with van der Waals surface area (Å²) in [5.41, 5.74) is 2.71. The van der Waals surface area contributed by atoms with Gasteiger partial charge in [0.15, 0.2) is 9.84 Å². The van der Waals surface area contributed by atoms with Crippen molar-refractivity contribution < 1.29 is 13.2 Å². The van der Waals surface area contributed by atoms with Crippen LogP contribution in [0.3, 0.4) is 0 Å². The molecule has 0 bridgehead atoms. The zero-order chi connectivity index (χ0) is 16.5. The van der Waals surface area contributed by atoms with Gasteiger partial charge in [0.05, 0.1) is 4.75 Å². The molecular weight excluding hydrogens is 310 g/mol. The van der Waals surface area contributed by atoms with Gasteiger partial charge in [0.25, 0.3) is 0 Å². The van der Waals surface area contributed by atoms with Crippen molar-refractivity contribution in [2.75, 3.05) is 26.0 Å². The van der Waals surface area contributed by atoms with E-state index in [-0.39, 0.29) is 0 Å². The summed E-state index contributed by atoms with van der Waals surface area (Å²) in [6.07, 6.45) is 4.77. The highest BCUT2D eigenvalue weighted by molar-refractivity contribution is 7.92. The van der Waals surface area contributed by atoms with E-state index in [0.29, 0.717) is 44.6 Å². The van der Waals surface area contributed by atoms with Crippen LogP contribution in [-0.4, -0.2) is 45.2 Å². The van der Waals surface area contributed by atoms with Crippen molar-refractivity contribution in [2.45, 2.75) is 49.3 Å². The third-order valence-electron chi connectivity index (χ3n) is 5.56. The molecule has 2 fully saturated rings. The van der Waals surface area contributed by atoms with Crippen LogP contribution in [0.4, 0.5) is 0 Å². The smallest absolute Gasteiger partial charge is 0.154 e. The molecule has 4 nitrogen and oxygen atoms in total. The molecule has 1 saturated carbocycles. The minimum atomic E-state index is -3.08. The summed E-state index contributed by atoms with van der Waals surface area (Å²) in [6.45, 7) is 3.77. The number of aryl methyl sites for hydroxylation is 1. The predicted octanol–water partition coefficient (Wildman–Crippen LogP) is 2.42. The van der Waals surface area contributed by atoms with Crippen LogP contribution in [0.5, 0.6) is 0 Å². The standard InChI is InChI=1S/C18H27NO3S/c1-14-4-3-5-15(10-14)16-11-17(12-16)19-13-18(23(2,20)21)6-8-22-9-7-18/h3-5,10,16-17,19H,6-9,11-13H2,1-2H3. The summed E-state index contributed by atoms with van der Waals surface area (Å²) in [5.74, 6) is 0.608. The van der Waals surface area contributed by atoms with Gasteiger partial charge >= 0.3 is 0 Å². The highest BCUT2D eigenvalue weighted by atomic mass is 32.2. The largest absolute Gasteiger partial charge is 0.381 e. The van der Waals surface area contributed by atoms with Crippen LogP contribution in [-0.2, 0) is 14.6 Å². The van der Waals surface area contributed by atoms with Crippen molar-refractivity contribution in [3.63, 3.8) is 0 Å². The number of ether oxygens (including phenoxy) is 1. The van der Waals surface area contributed by atoms with Crippen LogP contribution >= 0.6 is 0 Å². The first-order chi connectivity index (χ1) is 10.9. The monoisotopic (exact) mass is 337 g/mol. The summed E-state index contributed by atoms with van der Waals surface area (Å²) in [5, 5.41) is 3.52. The molecule has 2 aliphatic rings. The van der Waals surface area contributed by atoms with Crippen LogP contribution in [0.1, 0.15) is 42.7 Å². The number of nitrogens with one attached hydrogen (secondary N) is 1. The molecule has 0 amide bonds. The predicted molar refractivity (Wildman–Crippen MR) is 92.6 cm³/mol. The molecule has 0 radical (unpaired) electrons. The number of rotatable bonds is 5. The van der Waals surface area contributed by atoms with Crippen molar-refractivity contribution in [3.8, 4) is 0 Å². The van der Waals surface area contributed by atoms with E-state index in [4.69, 9.17) is 4.74 Å². The molecule has 1 aromatic carbocycles. The Bertz CT molecular complexity index is 644. The number of benzene rings is 1. The molecule has 1 aromatic rings. The van der Waals surface area contributed by atoms with E-state index < -0.39 is 14.6 Å². The third kappa shape index (κ3) is 3.62. The first-order valence-electron chi connectivity index (χ1n) is 8.47. The fourth-order valence-electron chi connectivity index (χ4n) is 3.73. The molecule has 1 heterocycles. The van der Waals surface area contributed by atoms with E-state index in [1.807, 2.05) is 0 Å². The maximum absolute atomic E-state index is 12.3. The van der Waals surface area contributed by atoms with Gasteiger partial charge in [-0.1, -0.05) is 29.8 Å². The Labute approximate surface area is 139 Å². The van der Waals surface area contributed by atoms with Crippen LogP contribution in [0.2, 0.25) is 0 Å². The van der Waals surface area contributed by atoms with Crippen LogP contribution in [0.15, 0.2) is 24.3 Å². The summed E-state index contributed by atoms with van der Waals surface area (Å²) in [6, 6.07) is 9.13. The lowest BCUT2D eigenvalue weighted by Gasteiger charge is -2.41. The van der Waals surface area contributed by atoms with Gasteiger partial charge in [0.2, 0.25) is 0 Å². The SMILES string of the molecule is Cc1cccc(C2CC(NCC3(S(C)(=O)=O)CCOCC3)C2)c1. The van der Waals surface area contributed by atoms with Crippen molar-refractivity contribution in [1.29, 1.82) is 0 Å². The van der Waals surface area contributed by atoms with Gasteiger partial charge in [-0.05, 0) is 44.1 Å². The van der Waals surface area contributed by atoms with Gasteiger partial charge in [0.1, 0.15) is 0 Å². The Morgan fingerprint density at radius 1 is 1.26 bits per heavy atom. The minimum absolute atomic E-state index is 0.432.